The van der Waals surface area contributed by atoms with Crippen LogP contribution in [0.4, 0.5) is 0 Å². The highest BCUT2D eigenvalue weighted by Crippen LogP contribution is 2.17. The van der Waals surface area contributed by atoms with Gasteiger partial charge in [0.1, 0.15) is 0 Å². The van der Waals surface area contributed by atoms with Crippen LogP contribution in [0.5, 0.6) is 0 Å². The molecule has 2 aromatic rings. The number of hydrogen-bond donors (Lipinski definition) is 1. The van der Waals surface area contributed by atoms with E-state index >= 15 is 0 Å². The molecule has 1 heterocycles. The first-order valence-electron chi connectivity index (χ1n) is 7.94. The molecule has 1 fully saturated rings. The Bertz CT molecular complexity index is 476. The maximum Gasteiger partial charge on any atom is 0.0240 e. The summed E-state index contributed by atoms with van der Waals surface area (Å²) in [5, 5.41) is 3.55. The van der Waals surface area contributed by atoms with E-state index in [-0.39, 0.29) is 0 Å². The molecule has 1 aliphatic heterocycles. The summed E-state index contributed by atoms with van der Waals surface area (Å²) in [5.74, 6) is 0. The van der Waals surface area contributed by atoms with Crippen molar-refractivity contribution in [2.24, 2.45) is 0 Å². The van der Waals surface area contributed by atoms with Gasteiger partial charge in [-0.2, -0.15) is 0 Å². The van der Waals surface area contributed by atoms with Gasteiger partial charge >= 0.3 is 0 Å². The van der Waals surface area contributed by atoms with Crippen molar-refractivity contribution in [3.8, 4) is 0 Å². The number of benzene rings is 2. The van der Waals surface area contributed by atoms with Crippen molar-refractivity contribution >= 4 is 0 Å². The summed E-state index contributed by atoms with van der Waals surface area (Å²) < 4.78 is 0. The molecule has 110 valence electrons. The maximum atomic E-state index is 3.55. The van der Waals surface area contributed by atoms with E-state index in [0.29, 0.717) is 6.04 Å². The summed E-state index contributed by atoms with van der Waals surface area (Å²) in [6, 6.07) is 22.3. The number of piperidine rings is 1. The van der Waals surface area contributed by atoms with E-state index < -0.39 is 0 Å². The molecule has 2 aromatic carbocycles. The number of hydrogen-bond acceptors (Lipinski definition) is 2. The summed E-state index contributed by atoms with van der Waals surface area (Å²) in [6.45, 7) is 4.34. The topological polar surface area (TPSA) is 15.3 Å². The zero-order valence-electron chi connectivity index (χ0n) is 12.5. The molecule has 1 saturated heterocycles. The minimum atomic E-state index is 0.638. The van der Waals surface area contributed by atoms with Crippen LogP contribution in [-0.2, 0) is 13.1 Å². The molecule has 0 aliphatic carbocycles. The Morgan fingerprint density at radius 3 is 1.90 bits per heavy atom. The molecule has 0 saturated carbocycles. The van der Waals surface area contributed by atoms with E-state index in [2.05, 4.69) is 70.9 Å². The van der Waals surface area contributed by atoms with E-state index in [1.54, 1.807) is 0 Å². The summed E-state index contributed by atoms with van der Waals surface area (Å²) >= 11 is 0. The van der Waals surface area contributed by atoms with Gasteiger partial charge in [-0.25, -0.2) is 0 Å². The zero-order valence-corrected chi connectivity index (χ0v) is 12.5. The second-order valence-corrected chi connectivity index (χ2v) is 5.88. The van der Waals surface area contributed by atoms with Crippen molar-refractivity contribution in [2.45, 2.75) is 32.0 Å². The Labute approximate surface area is 127 Å². The fourth-order valence-electron chi connectivity index (χ4n) is 3.10. The number of nitrogens with one attached hydrogen (secondary N) is 1. The van der Waals surface area contributed by atoms with Gasteiger partial charge in [-0.3, -0.25) is 4.90 Å². The summed E-state index contributed by atoms with van der Waals surface area (Å²) in [7, 11) is 0. The van der Waals surface area contributed by atoms with Crippen LogP contribution in [0.1, 0.15) is 24.0 Å². The Morgan fingerprint density at radius 2 is 1.43 bits per heavy atom. The average molecular weight is 280 g/mol. The van der Waals surface area contributed by atoms with Crippen LogP contribution in [0.15, 0.2) is 60.7 Å². The molecule has 0 amide bonds. The van der Waals surface area contributed by atoms with Gasteiger partial charge in [-0.1, -0.05) is 60.7 Å². The lowest BCUT2D eigenvalue weighted by atomic mass is 10.0. The number of nitrogens with zero attached hydrogens (tertiary/aromatic N) is 1. The molecule has 1 atom stereocenters. The van der Waals surface area contributed by atoms with Gasteiger partial charge in [0.05, 0.1) is 0 Å². The Kier molecular flexibility index (Phi) is 5.03. The molecule has 0 spiro atoms. The minimum absolute atomic E-state index is 0.638. The fourth-order valence-corrected chi connectivity index (χ4v) is 3.10. The second-order valence-electron chi connectivity index (χ2n) is 5.88. The quantitative estimate of drug-likeness (QED) is 0.902. The standard InChI is InChI=1S/C19H24N2/c1-3-8-17(9-4-1)15-21(19-12-7-13-20-14-19)16-18-10-5-2-6-11-18/h1-6,8-11,19-20H,7,12-16H2/t19-/m1/s1. The van der Waals surface area contributed by atoms with Crippen molar-refractivity contribution in [1.29, 1.82) is 0 Å². The van der Waals surface area contributed by atoms with Crippen molar-refractivity contribution in [1.82, 2.24) is 10.2 Å². The molecular formula is C19H24N2. The molecule has 3 rings (SSSR count). The second kappa shape index (κ2) is 7.39. The predicted octanol–water partition coefficient (Wildman–Crippen LogP) is 3.44. The third-order valence-corrected chi connectivity index (χ3v) is 4.24. The SMILES string of the molecule is c1ccc(CN(Cc2ccccc2)[C@@H]2CCCNC2)cc1. The summed E-state index contributed by atoms with van der Waals surface area (Å²) in [5.41, 5.74) is 2.80. The Morgan fingerprint density at radius 1 is 0.857 bits per heavy atom. The van der Waals surface area contributed by atoms with E-state index in [9.17, 15) is 0 Å². The van der Waals surface area contributed by atoms with Crippen molar-refractivity contribution in [2.75, 3.05) is 13.1 Å². The third-order valence-electron chi connectivity index (χ3n) is 4.24. The molecule has 21 heavy (non-hydrogen) atoms. The van der Waals surface area contributed by atoms with Crippen LogP contribution in [0.25, 0.3) is 0 Å². The molecule has 0 aromatic heterocycles. The third kappa shape index (κ3) is 4.16. The van der Waals surface area contributed by atoms with Gasteiger partial charge in [-0.15, -0.1) is 0 Å². The lowest BCUT2D eigenvalue weighted by Gasteiger charge is -2.35. The van der Waals surface area contributed by atoms with Crippen molar-refractivity contribution in [3.05, 3.63) is 71.8 Å². The smallest absolute Gasteiger partial charge is 0.0240 e. The number of rotatable bonds is 5. The molecule has 2 nitrogen and oxygen atoms in total. The first kappa shape index (κ1) is 14.3. The Hall–Kier alpha value is -1.64. The molecular weight excluding hydrogens is 256 g/mol. The highest BCUT2D eigenvalue weighted by molar-refractivity contribution is 5.17. The highest BCUT2D eigenvalue weighted by atomic mass is 15.2. The van der Waals surface area contributed by atoms with E-state index in [1.165, 1.54) is 30.5 Å². The van der Waals surface area contributed by atoms with E-state index in [0.717, 1.165) is 19.6 Å². The molecule has 0 bridgehead atoms. The predicted molar refractivity (Wildman–Crippen MR) is 88.0 cm³/mol. The minimum Gasteiger partial charge on any atom is -0.315 e. The van der Waals surface area contributed by atoms with Gasteiger partial charge in [-0.05, 0) is 30.5 Å². The summed E-state index contributed by atoms with van der Waals surface area (Å²) in [6.07, 6.45) is 2.58. The zero-order chi connectivity index (χ0) is 14.3. The van der Waals surface area contributed by atoms with Gasteiger partial charge in [0.2, 0.25) is 0 Å². The first-order chi connectivity index (χ1) is 10.4. The van der Waals surface area contributed by atoms with Gasteiger partial charge in [0, 0.05) is 25.7 Å². The monoisotopic (exact) mass is 280 g/mol. The molecule has 2 heteroatoms. The van der Waals surface area contributed by atoms with Crippen LogP contribution in [0.2, 0.25) is 0 Å². The highest BCUT2D eigenvalue weighted by Gasteiger charge is 2.21. The Balaban J connectivity index is 1.73. The lowest BCUT2D eigenvalue weighted by Crippen LogP contribution is -2.45. The lowest BCUT2D eigenvalue weighted by molar-refractivity contribution is 0.149. The van der Waals surface area contributed by atoms with Crippen molar-refractivity contribution < 1.29 is 0 Å². The largest absolute Gasteiger partial charge is 0.315 e. The maximum absolute atomic E-state index is 3.55. The average Bonchev–Trinajstić information content (AvgIpc) is 2.57. The van der Waals surface area contributed by atoms with Crippen molar-refractivity contribution in [3.63, 3.8) is 0 Å². The molecule has 1 N–H and O–H groups in total. The first-order valence-corrected chi connectivity index (χ1v) is 7.94. The van der Waals surface area contributed by atoms with Gasteiger partial charge in [0.15, 0.2) is 0 Å². The van der Waals surface area contributed by atoms with Crippen LogP contribution >= 0.6 is 0 Å². The normalized spacial score (nSPS) is 18.8. The molecule has 1 aliphatic rings. The van der Waals surface area contributed by atoms with Crippen LogP contribution < -0.4 is 5.32 Å². The van der Waals surface area contributed by atoms with E-state index in [1.807, 2.05) is 0 Å². The van der Waals surface area contributed by atoms with Crippen LogP contribution in [0, 0.1) is 0 Å². The van der Waals surface area contributed by atoms with Gasteiger partial charge in [0.25, 0.3) is 0 Å². The summed E-state index contributed by atoms with van der Waals surface area (Å²) in [4.78, 5) is 2.62. The van der Waals surface area contributed by atoms with Crippen LogP contribution in [-0.4, -0.2) is 24.0 Å². The van der Waals surface area contributed by atoms with Gasteiger partial charge < -0.3 is 5.32 Å². The van der Waals surface area contributed by atoms with E-state index in [4.69, 9.17) is 0 Å². The fraction of sp³-hybridized carbons (Fsp3) is 0.368. The van der Waals surface area contributed by atoms with Crippen LogP contribution in [0.3, 0.4) is 0 Å². The molecule has 0 unspecified atom stereocenters. The molecule has 0 radical (unpaired) electrons.